The highest BCUT2D eigenvalue weighted by molar-refractivity contribution is 6.31. The lowest BCUT2D eigenvalue weighted by atomic mass is 10.2. The topological polar surface area (TPSA) is 12.4 Å². The lowest BCUT2D eigenvalue weighted by Crippen LogP contribution is -1.78. The maximum Gasteiger partial charge on any atom is 0.0619 e. The molecular formula is C9H14ClN. The molecule has 0 saturated heterocycles. The Hall–Kier alpha value is -0.560. The number of hydrogen-bond acceptors (Lipinski definition) is 1. The van der Waals surface area contributed by atoms with Crippen LogP contribution in [0.1, 0.15) is 27.2 Å². The summed E-state index contributed by atoms with van der Waals surface area (Å²) in [5.74, 6) is 0. The van der Waals surface area contributed by atoms with E-state index < -0.39 is 0 Å². The largest absolute Gasteiger partial charge is 0.268 e. The first-order chi connectivity index (χ1) is 5.11. The van der Waals surface area contributed by atoms with E-state index in [0.29, 0.717) is 5.03 Å². The van der Waals surface area contributed by atoms with Crippen LogP contribution in [0.3, 0.4) is 0 Å². The van der Waals surface area contributed by atoms with E-state index in [1.54, 1.807) is 0 Å². The van der Waals surface area contributed by atoms with Gasteiger partial charge in [0.05, 0.1) is 10.7 Å². The van der Waals surface area contributed by atoms with E-state index >= 15 is 0 Å². The van der Waals surface area contributed by atoms with Crippen LogP contribution in [-0.4, -0.2) is 6.72 Å². The van der Waals surface area contributed by atoms with Gasteiger partial charge in [-0.05, 0) is 33.1 Å². The predicted octanol–water partition coefficient (Wildman–Crippen LogP) is 3.51. The Kier molecular flexibility index (Phi) is 4.88. The standard InChI is InChI=1S/C9H14ClN/c1-5-9(11-4)8(10)6-7(2)3/h6H,4-5H2,1-3H3/b9-8+. The molecule has 11 heavy (non-hydrogen) atoms. The molecule has 2 heteroatoms. The van der Waals surface area contributed by atoms with Crippen LogP contribution in [0.5, 0.6) is 0 Å². The van der Waals surface area contributed by atoms with Crippen LogP contribution in [0.4, 0.5) is 0 Å². The molecule has 0 rings (SSSR count). The first-order valence-corrected chi connectivity index (χ1v) is 3.99. The highest BCUT2D eigenvalue weighted by Gasteiger charge is 1.95. The van der Waals surface area contributed by atoms with Crippen molar-refractivity contribution in [3.63, 3.8) is 0 Å². The molecule has 0 bridgehead atoms. The summed E-state index contributed by atoms with van der Waals surface area (Å²) in [6.07, 6.45) is 2.72. The second-order valence-corrected chi connectivity index (χ2v) is 2.94. The fourth-order valence-electron chi connectivity index (χ4n) is 0.693. The van der Waals surface area contributed by atoms with Crippen molar-refractivity contribution >= 4 is 18.3 Å². The minimum absolute atomic E-state index is 0.697. The number of aliphatic imine (C=N–C) groups is 1. The predicted molar refractivity (Wildman–Crippen MR) is 52.2 cm³/mol. The highest BCUT2D eigenvalue weighted by Crippen LogP contribution is 2.16. The van der Waals surface area contributed by atoms with Crippen LogP contribution in [0.2, 0.25) is 0 Å². The van der Waals surface area contributed by atoms with Crippen molar-refractivity contribution in [1.82, 2.24) is 0 Å². The summed E-state index contributed by atoms with van der Waals surface area (Å²) in [5.41, 5.74) is 2.03. The van der Waals surface area contributed by atoms with E-state index in [9.17, 15) is 0 Å². The number of allylic oxidation sites excluding steroid dienone is 4. The van der Waals surface area contributed by atoms with Gasteiger partial charge in [-0.25, -0.2) is 0 Å². The van der Waals surface area contributed by atoms with E-state index in [4.69, 9.17) is 11.6 Å². The van der Waals surface area contributed by atoms with Gasteiger partial charge in [-0.1, -0.05) is 24.1 Å². The summed E-state index contributed by atoms with van der Waals surface area (Å²) in [6, 6.07) is 0. The molecule has 0 aliphatic rings. The molecule has 0 aliphatic heterocycles. The molecule has 0 aromatic carbocycles. The lowest BCUT2D eigenvalue weighted by Gasteiger charge is -1.97. The van der Waals surface area contributed by atoms with Gasteiger partial charge in [0.2, 0.25) is 0 Å². The van der Waals surface area contributed by atoms with E-state index in [-0.39, 0.29) is 0 Å². The van der Waals surface area contributed by atoms with Gasteiger partial charge in [0.25, 0.3) is 0 Å². The average Bonchev–Trinajstić information content (AvgIpc) is 1.88. The Bertz CT molecular complexity index is 198. The molecule has 0 aliphatic carbocycles. The zero-order chi connectivity index (χ0) is 8.85. The van der Waals surface area contributed by atoms with E-state index in [1.807, 2.05) is 26.8 Å². The van der Waals surface area contributed by atoms with Crippen LogP contribution in [0.25, 0.3) is 0 Å². The number of nitrogens with zero attached hydrogens (tertiary/aromatic N) is 1. The Labute approximate surface area is 73.5 Å². The zero-order valence-electron chi connectivity index (χ0n) is 7.32. The summed E-state index contributed by atoms with van der Waals surface area (Å²) in [4.78, 5) is 3.81. The zero-order valence-corrected chi connectivity index (χ0v) is 8.07. The van der Waals surface area contributed by atoms with E-state index in [1.165, 1.54) is 5.57 Å². The molecule has 0 N–H and O–H groups in total. The maximum atomic E-state index is 5.91. The molecule has 0 radical (unpaired) electrons. The van der Waals surface area contributed by atoms with Crippen LogP contribution < -0.4 is 0 Å². The van der Waals surface area contributed by atoms with Gasteiger partial charge >= 0.3 is 0 Å². The van der Waals surface area contributed by atoms with Crippen LogP contribution in [0.15, 0.2) is 27.4 Å². The van der Waals surface area contributed by atoms with Gasteiger partial charge in [0, 0.05) is 0 Å². The van der Waals surface area contributed by atoms with Crippen molar-refractivity contribution in [2.24, 2.45) is 4.99 Å². The Balaban J connectivity index is 4.62. The Morgan fingerprint density at radius 1 is 1.55 bits per heavy atom. The molecule has 0 aromatic rings. The van der Waals surface area contributed by atoms with Crippen molar-refractivity contribution < 1.29 is 0 Å². The lowest BCUT2D eigenvalue weighted by molar-refractivity contribution is 1.07. The van der Waals surface area contributed by atoms with Crippen molar-refractivity contribution in [2.45, 2.75) is 27.2 Å². The molecule has 0 saturated carbocycles. The van der Waals surface area contributed by atoms with Crippen molar-refractivity contribution in [3.05, 3.63) is 22.4 Å². The van der Waals surface area contributed by atoms with Crippen LogP contribution in [0, 0.1) is 0 Å². The third-order valence-electron chi connectivity index (χ3n) is 1.22. The summed E-state index contributed by atoms with van der Waals surface area (Å²) < 4.78 is 0. The van der Waals surface area contributed by atoms with Gasteiger partial charge in [-0.3, -0.25) is 4.99 Å². The highest BCUT2D eigenvalue weighted by atomic mass is 35.5. The van der Waals surface area contributed by atoms with E-state index in [2.05, 4.69) is 11.7 Å². The Morgan fingerprint density at radius 2 is 2.09 bits per heavy atom. The number of halogens is 1. The smallest absolute Gasteiger partial charge is 0.0619 e. The second-order valence-electron chi connectivity index (χ2n) is 2.53. The van der Waals surface area contributed by atoms with Gasteiger partial charge in [0.15, 0.2) is 0 Å². The summed E-state index contributed by atoms with van der Waals surface area (Å²) >= 11 is 5.91. The third-order valence-corrected chi connectivity index (χ3v) is 1.54. The molecule has 0 fully saturated rings. The van der Waals surface area contributed by atoms with Crippen molar-refractivity contribution in [1.29, 1.82) is 0 Å². The SMILES string of the molecule is C=N/C(CC)=C(/Cl)C=C(C)C. The fourth-order valence-corrected chi connectivity index (χ4v) is 1.10. The molecule has 0 unspecified atom stereocenters. The molecule has 0 spiro atoms. The van der Waals surface area contributed by atoms with Crippen LogP contribution >= 0.6 is 11.6 Å². The van der Waals surface area contributed by atoms with Crippen molar-refractivity contribution in [2.75, 3.05) is 0 Å². The number of hydrogen-bond donors (Lipinski definition) is 0. The first-order valence-electron chi connectivity index (χ1n) is 3.62. The minimum atomic E-state index is 0.697. The minimum Gasteiger partial charge on any atom is -0.268 e. The first kappa shape index (κ1) is 10.4. The molecule has 0 heterocycles. The van der Waals surface area contributed by atoms with E-state index in [0.717, 1.165) is 12.1 Å². The molecule has 0 atom stereocenters. The number of rotatable bonds is 3. The molecular weight excluding hydrogens is 158 g/mol. The monoisotopic (exact) mass is 171 g/mol. The van der Waals surface area contributed by atoms with Crippen LogP contribution in [-0.2, 0) is 0 Å². The molecule has 1 nitrogen and oxygen atoms in total. The maximum absolute atomic E-state index is 5.91. The quantitative estimate of drug-likeness (QED) is 0.455. The summed E-state index contributed by atoms with van der Waals surface area (Å²) in [5, 5.41) is 0.697. The van der Waals surface area contributed by atoms with Gasteiger partial charge in [-0.15, -0.1) is 0 Å². The normalized spacial score (nSPS) is 12.0. The van der Waals surface area contributed by atoms with Gasteiger partial charge in [0.1, 0.15) is 0 Å². The third kappa shape index (κ3) is 3.99. The summed E-state index contributed by atoms with van der Waals surface area (Å²) in [6.45, 7) is 9.44. The summed E-state index contributed by atoms with van der Waals surface area (Å²) in [7, 11) is 0. The molecule has 62 valence electrons. The fraction of sp³-hybridized carbons (Fsp3) is 0.444. The van der Waals surface area contributed by atoms with Gasteiger partial charge in [-0.2, -0.15) is 0 Å². The van der Waals surface area contributed by atoms with Crippen molar-refractivity contribution in [3.8, 4) is 0 Å². The molecule has 0 aromatic heterocycles. The Morgan fingerprint density at radius 3 is 2.36 bits per heavy atom. The second kappa shape index (κ2) is 5.14. The van der Waals surface area contributed by atoms with Gasteiger partial charge < -0.3 is 0 Å². The molecule has 0 amide bonds. The average molecular weight is 172 g/mol.